The molecule has 3 aromatic rings. The average Bonchev–Trinajstić information content (AvgIpc) is 3.40. The fourth-order valence-corrected chi connectivity index (χ4v) is 6.56. The van der Waals surface area contributed by atoms with Crippen molar-refractivity contribution in [2.75, 3.05) is 81.7 Å². The van der Waals surface area contributed by atoms with Crippen molar-refractivity contribution in [3.05, 3.63) is 43.2 Å². The van der Waals surface area contributed by atoms with Crippen LogP contribution >= 0.6 is 7.92 Å². The van der Waals surface area contributed by atoms with Gasteiger partial charge < -0.3 is 40.0 Å². The molecule has 1 aromatic heterocycles. The highest BCUT2D eigenvalue weighted by molar-refractivity contribution is 7.64. The first-order valence-corrected chi connectivity index (χ1v) is 16.4. The summed E-state index contributed by atoms with van der Waals surface area (Å²) in [5.74, 6) is 2.45. The number of benzene rings is 2. The molecule has 3 heterocycles. The molecular weight excluding hydrogens is 567 g/mol. The van der Waals surface area contributed by atoms with E-state index in [0.29, 0.717) is 48.3 Å². The number of amides is 1. The first kappa shape index (κ1) is 30.3. The molecule has 0 radical (unpaired) electrons. The van der Waals surface area contributed by atoms with E-state index >= 15 is 0 Å². The van der Waals surface area contributed by atoms with Crippen LogP contribution in [0.5, 0.6) is 17.2 Å². The molecule has 0 bridgehead atoms. The van der Waals surface area contributed by atoms with Crippen LogP contribution in [0, 0.1) is 0 Å². The Balaban J connectivity index is 1.42. The minimum absolute atomic E-state index is 0.305. The third-order valence-corrected chi connectivity index (χ3v) is 8.86. The third-order valence-electron chi connectivity index (χ3n) is 7.52. The highest BCUT2D eigenvalue weighted by atomic mass is 31.1. The highest BCUT2D eigenvalue weighted by Gasteiger charge is 2.25. The maximum Gasteiger partial charge on any atom is 0.247 e. The molecule has 2 aliphatic rings. The van der Waals surface area contributed by atoms with E-state index in [1.807, 2.05) is 31.3 Å². The number of fused-ring (bicyclic) bond motifs is 1. The third kappa shape index (κ3) is 6.92. The second kappa shape index (κ2) is 13.4. The van der Waals surface area contributed by atoms with E-state index < -0.39 is 7.92 Å². The lowest BCUT2D eigenvalue weighted by molar-refractivity contribution is -0.111. The molecule has 228 valence electrons. The zero-order valence-electron chi connectivity index (χ0n) is 25.3. The van der Waals surface area contributed by atoms with E-state index in [1.54, 1.807) is 7.11 Å². The number of nitrogens with one attached hydrogen (secondary N) is 3. The van der Waals surface area contributed by atoms with Crippen molar-refractivity contribution in [1.29, 1.82) is 0 Å². The summed E-state index contributed by atoms with van der Waals surface area (Å²) in [7, 11) is 5.25. The summed E-state index contributed by atoms with van der Waals surface area (Å²) in [6.45, 7) is 10.9. The Hall–Kier alpha value is -4.15. The van der Waals surface area contributed by atoms with E-state index in [4.69, 9.17) is 14.2 Å². The first-order chi connectivity index (χ1) is 20.8. The Morgan fingerprint density at radius 1 is 1.16 bits per heavy atom. The fraction of sp³-hybridized carbons (Fsp3) is 0.400. The minimum atomic E-state index is -0.529. The SMILES string of the molecule is C=CC(=O)Nc1cc(Nc2ncnc(Nc3ccc4c(c3P(C)C)OCCO4)n2)c(OC)cc1N(C)CC1CCCN1C. The Labute approximate surface area is 253 Å². The van der Waals surface area contributed by atoms with E-state index in [0.717, 1.165) is 47.7 Å². The molecule has 0 saturated carbocycles. The average molecular weight is 607 g/mol. The molecule has 3 N–H and O–H groups in total. The molecule has 2 aromatic carbocycles. The van der Waals surface area contributed by atoms with Gasteiger partial charge in [-0.05, 0) is 64.0 Å². The van der Waals surface area contributed by atoms with E-state index in [-0.39, 0.29) is 5.91 Å². The number of likely N-dealkylation sites (N-methyl/N-ethyl adjacent to an activating group) is 2. The summed E-state index contributed by atoms with van der Waals surface area (Å²) in [4.78, 5) is 30.2. The van der Waals surface area contributed by atoms with Gasteiger partial charge in [-0.1, -0.05) is 14.5 Å². The Bertz CT molecular complexity index is 1490. The number of hydrogen-bond donors (Lipinski definition) is 3. The van der Waals surface area contributed by atoms with Crippen LogP contribution in [0.2, 0.25) is 0 Å². The monoisotopic (exact) mass is 606 g/mol. The number of methoxy groups -OCH3 is 1. The molecule has 43 heavy (non-hydrogen) atoms. The lowest BCUT2D eigenvalue weighted by atomic mass is 10.1. The van der Waals surface area contributed by atoms with Gasteiger partial charge in [0.15, 0.2) is 11.5 Å². The Morgan fingerprint density at radius 2 is 1.91 bits per heavy atom. The minimum Gasteiger partial charge on any atom is -0.494 e. The Morgan fingerprint density at radius 3 is 2.58 bits per heavy atom. The molecule has 1 unspecified atom stereocenters. The molecule has 13 heteroatoms. The van der Waals surface area contributed by atoms with E-state index in [9.17, 15) is 4.79 Å². The van der Waals surface area contributed by atoms with Gasteiger partial charge in [-0.2, -0.15) is 4.98 Å². The van der Waals surface area contributed by atoms with Crippen LogP contribution in [-0.2, 0) is 4.79 Å². The summed E-state index contributed by atoms with van der Waals surface area (Å²) in [5.41, 5.74) is 2.88. The summed E-state index contributed by atoms with van der Waals surface area (Å²) < 4.78 is 17.5. The van der Waals surface area contributed by atoms with Gasteiger partial charge in [-0.25, -0.2) is 9.97 Å². The van der Waals surface area contributed by atoms with Crippen LogP contribution in [0.15, 0.2) is 43.2 Å². The van der Waals surface area contributed by atoms with Crippen LogP contribution in [-0.4, -0.2) is 92.6 Å². The van der Waals surface area contributed by atoms with Crippen molar-refractivity contribution >= 4 is 53.8 Å². The van der Waals surface area contributed by atoms with Gasteiger partial charge in [0.25, 0.3) is 0 Å². The number of hydrogen-bond acceptors (Lipinski definition) is 11. The second-order valence-electron chi connectivity index (χ2n) is 10.7. The zero-order chi connectivity index (χ0) is 30.5. The topological polar surface area (TPSA) is 126 Å². The molecule has 0 aliphatic carbocycles. The molecule has 2 aliphatic heterocycles. The van der Waals surface area contributed by atoms with Gasteiger partial charge in [0.05, 0.1) is 29.9 Å². The van der Waals surface area contributed by atoms with E-state index in [1.165, 1.54) is 18.8 Å². The van der Waals surface area contributed by atoms with Gasteiger partial charge in [0.1, 0.15) is 25.3 Å². The predicted octanol–water partition coefficient (Wildman–Crippen LogP) is 4.16. The second-order valence-corrected chi connectivity index (χ2v) is 12.9. The van der Waals surface area contributed by atoms with Crippen LogP contribution in [0.3, 0.4) is 0 Å². The Kier molecular flexibility index (Phi) is 9.47. The lowest BCUT2D eigenvalue weighted by Crippen LogP contribution is -2.37. The largest absolute Gasteiger partial charge is 0.494 e. The van der Waals surface area contributed by atoms with Crippen LogP contribution in [0.1, 0.15) is 12.8 Å². The van der Waals surface area contributed by atoms with Crippen LogP contribution in [0.4, 0.5) is 34.6 Å². The lowest BCUT2D eigenvalue weighted by Gasteiger charge is -2.29. The summed E-state index contributed by atoms with van der Waals surface area (Å²) >= 11 is 0. The molecule has 0 spiro atoms. The molecule has 1 amide bonds. The standard InChI is InChI=1S/C30H39N8O4P/c1-7-26(39)33-21-15-22(25(40-4)16-23(21)38(3)17-19-9-8-12-37(19)2)35-30-32-18-31-29(36-30)34-20-10-11-24-27(28(20)43(5)6)42-14-13-41-24/h7,10-11,15-16,18-19H,1,8-9,12-14,17H2,2-6H3,(H,33,39)(H2,31,32,34,35,36). The van der Waals surface area contributed by atoms with Crippen molar-refractivity contribution in [1.82, 2.24) is 19.9 Å². The quantitative estimate of drug-likeness (QED) is 0.215. The molecule has 1 atom stereocenters. The van der Waals surface area contributed by atoms with Crippen molar-refractivity contribution in [3.8, 4) is 17.2 Å². The summed E-state index contributed by atoms with van der Waals surface area (Å²) in [6, 6.07) is 8.01. The van der Waals surface area contributed by atoms with Crippen molar-refractivity contribution < 1.29 is 19.0 Å². The zero-order valence-corrected chi connectivity index (χ0v) is 26.2. The van der Waals surface area contributed by atoms with Gasteiger partial charge in [0, 0.05) is 31.0 Å². The first-order valence-electron chi connectivity index (χ1n) is 14.2. The molecule has 5 rings (SSSR count). The maximum absolute atomic E-state index is 12.4. The number of aromatic nitrogens is 3. The van der Waals surface area contributed by atoms with Gasteiger partial charge in [0.2, 0.25) is 17.8 Å². The van der Waals surface area contributed by atoms with Crippen molar-refractivity contribution in [3.63, 3.8) is 0 Å². The number of ether oxygens (including phenoxy) is 3. The number of carbonyl (C=O) groups excluding carboxylic acids is 1. The van der Waals surface area contributed by atoms with Crippen molar-refractivity contribution in [2.45, 2.75) is 18.9 Å². The number of rotatable bonds is 11. The summed E-state index contributed by atoms with van der Waals surface area (Å²) in [5, 5.41) is 10.6. The van der Waals surface area contributed by atoms with Crippen LogP contribution < -0.4 is 40.4 Å². The maximum atomic E-state index is 12.4. The van der Waals surface area contributed by atoms with Gasteiger partial charge in [-0.15, -0.1) is 0 Å². The van der Waals surface area contributed by atoms with Gasteiger partial charge in [-0.3, -0.25) is 4.79 Å². The number of anilines is 6. The molecule has 1 saturated heterocycles. The predicted molar refractivity (Wildman–Crippen MR) is 173 cm³/mol. The molecule has 1 fully saturated rings. The normalized spacial score (nSPS) is 16.1. The molecular formula is C30H39N8O4P. The van der Waals surface area contributed by atoms with E-state index in [2.05, 4.69) is 67.7 Å². The van der Waals surface area contributed by atoms with Gasteiger partial charge >= 0.3 is 0 Å². The number of likely N-dealkylation sites (tertiary alicyclic amines) is 1. The van der Waals surface area contributed by atoms with Crippen LogP contribution in [0.25, 0.3) is 0 Å². The summed E-state index contributed by atoms with van der Waals surface area (Å²) in [6.07, 6.45) is 5.00. The number of carbonyl (C=O) groups is 1. The smallest absolute Gasteiger partial charge is 0.247 e. The highest BCUT2D eigenvalue weighted by Crippen LogP contribution is 2.42. The van der Waals surface area contributed by atoms with Crippen molar-refractivity contribution in [2.24, 2.45) is 0 Å². The molecule has 12 nitrogen and oxygen atoms in total. The fourth-order valence-electron chi connectivity index (χ4n) is 5.36. The number of nitrogens with zero attached hydrogens (tertiary/aromatic N) is 5.